The Kier molecular flexibility index (Phi) is 2.28. The molecule has 0 aromatic heterocycles. The SMILES string of the molecule is CN1Cc2ccc(Cl)cc2SN1. The summed E-state index contributed by atoms with van der Waals surface area (Å²) in [6.07, 6.45) is 0. The first-order valence-corrected chi connectivity index (χ1v) is 4.87. The lowest BCUT2D eigenvalue weighted by molar-refractivity contribution is 0.293. The lowest BCUT2D eigenvalue weighted by Gasteiger charge is -2.24. The smallest absolute Gasteiger partial charge is 0.0417 e. The van der Waals surface area contributed by atoms with E-state index in [-0.39, 0.29) is 0 Å². The summed E-state index contributed by atoms with van der Waals surface area (Å²) in [5.74, 6) is 0. The van der Waals surface area contributed by atoms with E-state index in [1.54, 1.807) is 11.9 Å². The molecule has 0 saturated heterocycles. The van der Waals surface area contributed by atoms with Crippen LogP contribution in [0.3, 0.4) is 0 Å². The highest BCUT2D eigenvalue weighted by atomic mass is 35.5. The van der Waals surface area contributed by atoms with E-state index in [1.807, 2.05) is 24.2 Å². The molecule has 0 bridgehead atoms. The Hall–Kier alpha value is -0.220. The summed E-state index contributed by atoms with van der Waals surface area (Å²) in [6.45, 7) is 0.930. The van der Waals surface area contributed by atoms with E-state index in [0.717, 1.165) is 11.6 Å². The molecule has 0 amide bonds. The molecule has 0 unspecified atom stereocenters. The minimum absolute atomic E-state index is 0.799. The first-order chi connectivity index (χ1) is 5.75. The van der Waals surface area contributed by atoms with Crippen molar-refractivity contribution in [1.29, 1.82) is 0 Å². The summed E-state index contributed by atoms with van der Waals surface area (Å²) in [7, 11) is 2.02. The van der Waals surface area contributed by atoms with Gasteiger partial charge < -0.3 is 0 Å². The van der Waals surface area contributed by atoms with Gasteiger partial charge in [0.05, 0.1) is 0 Å². The maximum Gasteiger partial charge on any atom is 0.0417 e. The molecule has 4 heteroatoms. The highest BCUT2D eigenvalue weighted by Crippen LogP contribution is 2.28. The average molecular weight is 201 g/mol. The van der Waals surface area contributed by atoms with Crippen LogP contribution in [-0.4, -0.2) is 12.1 Å². The van der Waals surface area contributed by atoms with Gasteiger partial charge in [-0.05, 0) is 29.6 Å². The number of fused-ring (bicyclic) bond motifs is 1. The van der Waals surface area contributed by atoms with Gasteiger partial charge in [0.1, 0.15) is 0 Å². The molecule has 1 aliphatic rings. The van der Waals surface area contributed by atoms with Crippen LogP contribution < -0.4 is 4.83 Å². The Morgan fingerprint density at radius 3 is 3.25 bits per heavy atom. The van der Waals surface area contributed by atoms with Crippen LogP contribution in [0.15, 0.2) is 23.1 Å². The lowest BCUT2D eigenvalue weighted by atomic mass is 10.2. The second-order valence-electron chi connectivity index (χ2n) is 2.80. The van der Waals surface area contributed by atoms with Crippen LogP contribution in [0.25, 0.3) is 0 Å². The molecule has 0 fully saturated rings. The standard InChI is InChI=1S/C8H9ClN2S/c1-11-5-6-2-3-7(9)4-8(6)12-10-11/h2-4,10H,5H2,1H3. The van der Waals surface area contributed by atoms with Crippen LogP contribution in [0.2, 0.25) is 5.02 Å². The van der Waals surface area contributed by atoms with Gasteiger partial charge in [-0.15, -0.1) is 0 Å². The van der Waals surface area contributed by atoms with Crippen LogP contribution in [0.5, 0.6) is 0 Å². The maximum atomic E-state index is 5.86. The number of rotatable bonds is 0. The largest absolute Gasteiger partial charge is 0.233 e. The van der Waals surface area contributed by atoms with Crippen molar-refractivity contribution in [2.75, 3.05) is 7.05 Å². The van der Waals surface area contributed by atoms with Gasteiger partial charge in [0, 0.05) is 23.5 Å². The van der Waals surface area contributed by atoms with Crippen LogP contribution >= 0.6 is 23.5 Å². The van der Waals surface area contributed by atoms with E-state index in [1.165, 1.54) is 10.5 Å². The van der Waals surface area contributed by atoms with Crippen LogP contribution in [0.1, 0.15) is 5.56 Å². The zero-order chi connectivity index (χ0) is 8.55. The summed E-state index contributed by atoms with van der Waals surface area (Å²) in [5.41, 5.74) is 1.32. The summed E-state index contributed by atoms with van der Waals surface area (Å²) < 4.78 is 0. The number of benzene rings is 1. The normalized spacial score (nSPS) is 17.5. The number of hydrogen-bond acceptors (Lipinski definition) is 3. The van der Waals surface area contributed by atoms with E-state index in [0.29, 0.717) is 0 Å². The Balaban J connectivity index is 2.37. The van der Waals surface area contributed by atoms with Crippen LogP contribution in [0.4, 0.5) is 0 Å². The molecule has 0 saturated carbocycles. The predicted molar refractivity (Wildman–Crippen MR) is 51.9 cm³/mol. The fraction of sp³-hybridized carbons (Fsp3) is 0.250. The number of hydrogen-bond donors (Lipinski definition) is 1. The molecular weight excluding hydrogens is 192 g/mol. The van der Waals surface area contributed by atoms with Crippen LogP contribution in [0, 0.1) is 0 Å². The first kappa shape index (κ1) is 8.38. The Morgan fingerprint density at radius 1 is 1.58 bits per heavy atom. The van der Waals surface area contributed by atoms with Gasteiger partial charge in [0.15, 0.2) is 0 Å². The van der Waals surface area contributed by atoms with Gasteiger partial charge in [-0.2, -0.15) is 4.83 Å². The minimum Gasteiger partial charge on any atom is -0.233 e. The third-order valence-corrected chi connectivity index (χ3v) is 2.99. The Labute approximate surface area is 81.0 Å². The van der Waals surface area contributed by atoms with Crippen molar-refractivity contribution in [2.45, 2.75) is 11.4 Å². The molecule has 2 rings (SSSR count). The number of nitrogens with one attached hydrogen (secondary N) is 1. The van der Waals surface area contributed by atoms with Gasteiger partial charge in [0.2, 0.25) is 0 Å². The zero-order valence-electron chi connectivity index (χ0n) is 6.67. The first-order valence-electron chi connectivity index (χ1n) is 3.68. The predicted octanol–water partition coefficient (Wildman–Crippen LogP) is 2.30. The highest BCUT2D eigenvalue weighted by Gasteiger charge is 2.12. The third-order valence-electron chi connectivity index (χ3n) is 1.75. The summed E-state index contributed by atoms with van der Waals surface area (Å²) in [6, 6.07) is 5.99. The number of nitrogens with zero attached hydrogens (tertiary/aromatic N) is 1. The minimum atomic E-state index is 0.799. The Morgan fingerprint density at radius 2 is 2.42 bits per heavy atom. The van der Waals surface area contributed by atoms with E-state index in [2.05, 4.69) is 10.9 Å². The second-order valence-corrected chi connectivity index (χ2v) is 4.06. The molecule has 1 aromatic carbocycles. The monoisotopic (exact) mass is 200 g/mol. The zero-order valence-corrected chi connectivity index (χ0v) is 8.25. The molecule has 1 aromatic rings. The van der Waals surface area contributed by atoms with E-state index in [4.69, 9.17) is 11.6 Å². The average Bonchev–Trinajstić information content (AvgIpc) is 2.05. The Bertz CT molecular complexity index is 303. The lowest BCUT2D eigenvalue weighted by Crippen LogP contribution is -2.31. The summed E-state index contributed by atoms with van der Waals surface area (Å²) in [5, 5.41) is 2.84. The van der Waals surface area contributed by atoms with Gasteiger partial charge in [-0.1, -0.05) is 17.7 Å². The van der Waals surface area contributed by atoms with Gasteiger partial charge in [0.25, 0.3) is 0 Å². The summed E-state index contributed by atoms with van der Waals surface area (Å²) in [4.78, 5) is 4.38. The molecule has 0 spiro atoms. The molecule has 0 aliphatic carbocycles. The van der Waals surface area contributed by atoms with Gasteiger partial charge in [-0.25, -0.2) is 5.01 Å². The van der Waals surface area contributed by atoms with Crippen molar-refractivity contribution in [1.82, 2.24) is 9.84 Å². The molecule has 0 radical (unpaired) electrons. The van der Waals surface area contributed by atoms with Crippen molar-refractivity contribution >= 4 is 23.5 Å². The van der Waals surface area contributed by atoms with Crippen molar-refractivity contribution in [3.8, 4) is 0 Å². The third kappa shape index (κ3) is 1.59. The van der Waals surface area contributed by atoms with Crippen LogP contribution in [-0.2, 0) is 6.54 Å². The topological polar surface area (TPSA) is 15.3 Å². The van der Waals surface area contributed by atoms with Crippen molar-refractivity contribution in [3.63, 3.8) is 0 Å². The quantitative estimate of drug-likeness (QED) is 0.647. The number of halogens is 1. The molecule has 1 N–H and O–H groups in total. The van der Waals surface area contributed by atoms with Crippen molar-refractivity contribution in [3.05, 3.63) is 28.8 Å². The van der Waals surface area contributed by atoms with Crippen molar-refractivity contribution < 1.29 is 0 Å². The van der Waals surface area contributed by atoms with E-state index in [9.17, 15) is 0 Å². The van der Waals surface area contributed by atoms with Gasteiger partial charge in [-0.3, -0.25) is 0 Å². The fourth-order valence-electron chi connectivity index (χ4n) is 1.17. The molecule has 12 heavy (non-hydrogen) atoms. The molecular formula is C8H9ClN2S. The second kappa shape index (κ2) is 3.26. The molecule has 1 aliphatic heterocycles. The summed E-state index contributed by atoms with van der Waals surface area (Å²) >= 11 is 7.46. The van der Waals surface area contributed by atoms with E-state index >= 15 is 0 Å². The van der Waals surface area contributed by atoms with E-state index < -0.39 is 0 Å². The molecule has 1 heterocycles. The van der Waals surface area contributed by atoms with Crippen molar-refractivity contribution in [2.24, 2.45) is 0 Å². The molecule has 2 nitrogen and oxygen atoms in total. The fourth-order valence-corrected chi connectivity index (χ4v) is 2.17. The highest BCUT2D eigenvalue weighted by molar-refractivity contribution is 7.97. The van der Waals surface area contributed by atoms with Gasteiger partial charge >= 0.3 is 0 Å². The molecule has 64 valence electrons. The number of hydrazine groups is 1. The molecule has 0 atom stereocenters. The maximum absolute atomic E-state index is 5.86.